The number of rotatable bonds is 11. The lowest BCUT2D eigenvalue weighted by Crippen LogP contribution is -2.23. The quantitative estimate of drug-likeness (QED) is 0.101. The highest BCUT2D eigenvalue weighted by atomic mass is 79.9. The molecular weight excluding hydrogens is 560 g/mol. The van der Waals surface area contributed by atoms with Gasteiger partial charge in [0, 0.05) is 35.7 Å². The summed E-state index contributed by atoms with van der Waals surface area (Å²) in [5, 5.41) is 11.6. The normalized spacial score (nSPS) is 10.6. The van der Waals surface area contributed by atoms with Crippen molar-refractivity contribution >= 4 is 33.3 Å². The van der Waals surface area contributed by atoms with E-state index in [0.717, 1.165) is 26.9 Å². The summed E-state index contributed by atoms with van der Waals surface area (Å²) < 4.78 is 11.7. The number of nitrogens with zero attached hydrogens (tertiary/aromatic N) is 2. The highest BCUT2D eigenvalue weighted by molar-refractivity contribution is 9.10. The van der Waals surface area contributed by atoms with Crippen LogP contribution in [0.2, 0.25) is 0 Å². The van der Waals surface area contributed by atoms with Gasteiger partial charge in [-0.1, -0.05) is 64.5 Å². The number of nitro benzene ring substituents is 1. The Hall–Kier alpha value is -4.17. The number of carbonyl (C=O) groups is 1. The summed E-state index contributed by atoms with van der Waals surface area (Å²) in [6, 6.07) is 28.6. The Morgan fingerprint density at radius 3 is 2.13 bits per heavy atom. The number of aryl methyl sites for hydroxylation is 1. The Kier molecular flexibility index (Phi) is 9.33. The molecule has 0 bridgehead atoms. The van der Waals surface area contributed by atoms with Crippen molar-refractivity contribution in [3.63, 3.8) is 0 Å². The SMILES string of the molecule is COC(=O)CCc1ccc(Oc2ccc(CN(Cc3ccccc3Br)c3cccc([N+](=O)[O-])c3C)cc2)cc1. The van der Waals surface area contributed by atoms with Crippen LogP contribution in [0.5, 0.6) is 11.5 Å². The summed E-state index contributed by atoms with van der Waals surface area (Å²) in [4.78, 5) is 24.8. The Morgan fingerprint density at radius 1 is 0.872 bits per heavy atom. The van der Waals surface area contributed by atoms with Crippen LogP contribution in [-0.2, 0) is 29.0 Å². The highest BCUT2D eigenvalue weighted by Crippen LogP contribution is 2.32. The molecule has 0 N–H and O–H groups in total. The lowest BCUT2D eigenvalue weighted by atomic mass is 10.1. The molecule has 0 saturated carbocycles. The second kappa shape index (κ2) is 13.1. The topological polar surface area (TPSA) is 81.9 Å². The van der Waals surface area contributed by atoms with E-state index < -0.39 is 0 Å². The minimum Gasteiger partial charge on any atom is -0.469 e. The summed E-state index contributed by atoms with van der Waals surface area (Å²) in [5.74, 6) is 1.17. The number of halogens is 1. The van der Waals surface area contributed by atoms with E-state index >= 15 is 0 Å². The number of methoxy groups -OCH3 is 1. The van der Waals surface area contributed by atoms with Crippen molar-refractivity contribution < 1.29 is 19.2 Å². The van der Waals surface area contributed by atoms with Crippen LogP contribution in [0.25, 0.3) is 0 Å². The number of ether oxygens (including phenoxy) is 2. The van der Waals surface area contributed by atoms with Crippen molar-refractivity contribution in [3.05, 3.63) is 128 Å². The molecule has 0 radical (unpaired) electrons. The van der Waals surface area contributed by atoms with E-state index in [-0.39, 0.29) is 16.6 Å². The minimum absolute atomic E-state index is 0.102. The average Bonchev–Trinajstić information content (AvgIpc) is 2.94. The standard InChI is InChI=1S/C31H29BrN2O5/c1-22-29(8-5-9-30(22)34(36)37)33(21-25-6-3-4-7-28(25)32)20-24-12-17-27(18-13-24)39-26-15-10-23(11-16-26)14-19-31(35)38-2/h3-13,15-18H,14,19-21H2,1-2H3. The first kappa shape index (κ1) is 27.9. The predicted molar refractivity (Wildman–Crippen MR) is 155 cm³/mol. The van der Waals surface area contributed by atoms with E-state index in [9.17, 15) is 14.9 Å². The van der Waals surface area contributed by atoms with Crippen molar-refractivity contribution in [2.75, 3.05) is 12.0 Å². The zero-order valence-corrected chi connectivity index (χ0v) is 23.4. The third kappa shape index (κ3) is 7.45. The lowest BCUT2D eigenvalue weighted by molar-refractivity contribution is -0.385. The molecule has 4 aromatic rings. The van der Waals surface area contributed by atoms with Crippen LogP contribution in [0.4, 0.5) is 11.4 Å². The van der Waals surface area contributed by atoms with E-state index in [0.29, 0.717) is 43.0 Å². The van der Waals surface area contributed by atoms with E-state index in [4.69, 9.17) is 9.47 Å². The molecule has 200 valence electrons. The Balaban J connectivity index is 1.50. The third-order valence-electron chi connectivity index (χ3n) is 6.43. The molecule has 0 heterocycles. The minimum atomic E-state index is -0.340. The molecule has 0 spiro atoms. The van der Waals surface area contributed by atoms with Crippen LogP contribution in [-0.4, -0.2) is 18.0 Å². The Labute approximate surface area is 236 Å². The van der Waals surface area contributed by atoms with Gasteiger partial charge in [0.2, 0.25) is 0 Å². The first-order valence-corrected chi connectivity index (χ1v) is 13.3. The van der Waals surface area contributed by atoms with Crippen LogP contribution >= 0.6 is 15.9 Å². The number of nitro groups is 1. The van der Waals surface area contributed by atoms with Crippen molar-refractivity contribution in [2.24, 2.45) is 0 Å². The maximum absolute atomic E-state index is 11.6. The molecule has 8 heteroatoms. The van der Waals surface area contributed by atoms with E-state index in [1.54, 1.807) is 13.0 Å². The van der Waals surface area contributed by atoms with Crippen LogP contribution in [0.1, 0.15) is 28.7 Å². The number of carbonyl (C=O) groups excluding carboxylic acids is 1. The highest BCUT2D eigenvalue weighted by Gasteiger charge is 2.19. The summed E-state index contributed by atoms with van der Waals surface area (Å²) in [5.41, 5.74) is 4.70. The first-order valence-electron chi connectivity index (χ1n) is 12.5. The smallest absolute Gasteiger partial charge is 0.305 e. The van der Waals surface area contributed by atoms with E-state index in [1.807, 2.05) is 78.9 Å². The van der Waals surface area contributed by atoms with Gasteiger partial charge in [0.05, 0.1) is 17.6 Å². The van der Waals surface area contributed by atoms with Gasteiger partial charge in [0.15, 0.2) is 0 Å². The van der Waals surface area contributed by atoms with Gasteiger partial charge in [-0.25, -0.2) is 0 Å². The molecule has 0 aromatic heterocycles. The van der Waals surface area contributed by atoms with Gasteiger partial charge in [0.25, 0.3) is 5.69 Å². The number of hydrogen-bond acceptors (Lipinski definition) is 6. The van der Waals surface area contributed by atoms with Gasteiger partial charge < -0.3 is 14.4 Å². The van der Waals surface area contributed by atoms with Gasteiger partial charge in [-0.3, -0.25) is 14.9 Å². The number of benzene rings is 4. The molecule has 4 aromatic carbocycles. The van der Waals surface area contributed by atoms with Crippen LogP contribution < -0.4 is 9.64 Å². The fraction of sp³-hybridized carbons (Fsp3) is 0.194. The molecule has 0 aliphatic rings. The first-order chi connectivity index (χ1) is 18.8. The molecule has 0 amide bonds. The van der Waals surface area contributed by atoms with Crippen LogP contribution in [0.15, 0.2) is 95.5 Å². The molecule has 0 aliphatic carbocycles. The molecule has 7 nitrogen and oxygen atoms in total. The van der Waals surface area contributed by atoms with E-state index in [2.05, 4.69) is 20.8 Å². The molecule has 0 saturated heterocycles. The molecule has 0 atom stereocenters. The summed E-state index contributed by atoms with van der Waals surface area (Å²) in [6.45, 7) is 2.92. The summed E-state index contributed by atoms with van der Waals surface area (Å²) in [6.07, 6.45) is 0.952. The molecule has 39 heavy (non-hydrogen) atoms. The van der Waals surface area contributed by atoms with Gasteiger partial charge in [-0.2, -0.15) is 0 Å². The molecule has 0 aliphatic heterocycles. The monoisotopic (exact) mass is 588 g/mol. The maximum atomic E-state index is 11.6. The van der Waals surface area contributed by atoms with E-state index in [1.165, 1.54) is 13.2 Å². The lowest BCUT2D eigenvalue weighted by Gasteiger charge is -2.27. The van der Waals surface area contributed by atoms with Crippen LogP contribution in [0, 0.1) is 17.0 Å². The fourth-order valence-corrected chi connectivity index (χ4v) is 4.71. The van der Waals surface area contributed by atoms with Crippen molar-refractivity contribution in [1.82, 2.24) is 0 Å². The van der Waals surface area contributed by atoms with Crippen LogP contribution in [0.3, 0.4) is 0 Å². The van der Waals surface area contributed by atoms with Gasteiger partial charge in [0.1, 0.15) is 11.5 Å². The van der Waals surface area contributed by atoms with Gasteiger partial charge >= 0.3 is 5.97 Å². The van der Waals surface area contributed by atoms with Crippen molar-refractivity contribution in [2.45, 2.75) is 32.9 Å². The maximum Gasteiger partial charge on any atom is 0.305 e. The average molecular weight is 589 g/mol. The summed E-state index contributed by atoms with van der Waals surface area (Å²) >= 11 is 3.63. The largest absolute Gasteiger partial charge is 0.469 e. The summed E-state index contributed by atoms with van der Waals surface area (Å²) in [7, 11) is 1.39. The van der Waals surface area contributed by atoms with Crippen molar-refractivity contribution in [1.29, 1.82) is 0 Å². The van der Waals surface area contributed by atoms with Gasteiger partial charge in [-0.05, 0) is 66.4 Å². The Bertz CT molecular complexity index is 1440. The molecule has 4 rings (SSSR count). The fourth-order valence-electron chi connectivity index (χ4n) is 4.30. The second-order valence-corrected chi connectivity index (χ2v) is 9.95. The zero-order valence-electron chi connectivity index (χ0n) is 21.8. The Morgan fingerprint density at radius 2 is 1.51 bits per heavy atom. The van der Waals surface area contributed by atoms with Crippen molar-refractivity contribution in [3.8, 4) is 11.5 Å². The molecule has 0 unspecified atom stereocenters. The molecular formula is C31H29BrN2O5. The molecule has 0 fully saturated rings. The van der Waals surface area contributed by atoms with Gasteiger partial charge in [-0.15, -0.1) is 0 Å². The number of anilines is 1. The number of esters is 1. The number of hydrogen-bond donors (Lipinski definition) is 0. The predicted octanol–water partition coefficient (Wildman–Crippen LogP) is 7.77. The second-order valence-electron chi connectivity index (χ2n) is 9.09. The zero-order chi connectivity index (χ0) is 27.8. The third-order valence-corrected chi connectivity index (χ3v) is 7.21.